The van der Waals surface area contributed by atoms with E-state index in [1.165, 1.54) is 17.0 Å². The van der Waals surface area contributed by atoms with Gasteiger partial charge >= 0.3 is 0 Å². The second-order valence-corrected chi connectivity index (χ2v) is 25.9. The molecular formula is C67H113N23O12. The number of aliphatic imine (C=N–C) groups is 3. The summed E-state index contributed by atoms with van der Waals surface area (Å²) < 4.78 is 0. The van der Waals surface area contributed by atoms with E-state index in [-0.39, 0.29) is 139 Å². The lowest BCUT2D eigenvalue weighted by atomic mass is 9.96. The highest BCUT2D eigenvalue weighted by Crippen LogP contribution is 2.22. The zero-order valence-electron chi connectivity index (χ0n) is 59.3. The summed E-state index contributed by atoms with van der Waals surface area (Å²) in [6.07, 6.45) is 3.36. The van der Waals surface area contributed by atoms with Gasteiger partial charge in [-0.05, 0) is 151 Å². The highest BCUT2D eigenvalue weighted by molar-refractivity contribution is 5.99. The molecule has 568 valence electrons. The highest BCUT2D eigenvalue weighted by atomic mass is 16.3. The molecule has 2 aromatic rings. The fourth-order valence-electron chi connectivity index (χ4n) is 11.2. The number of nitrogens with one attached hydrogen (secondary N) is 9. The molecule has 35 heteroatoms. The zero-order valence-corrected chi connectivity index (χ0v) is 59.3. The van der Waals surface area contributed by atoms with Crippen LogP contribution in [-0.4, -0.2) is 199 Å². The van der Waals surface area contributed by atoms with E-state index in [0.717, 1.165) is 0 Å². The molecule has 0 spiro atoms. The van der Waals surface area contributed by atoms with Crippen LogP contribution in [0.5, 0.6) is 5.75 Å². The van der Waals surface area contributed by atoms with Gasteiger partial charge in [-0.1, -0.05) is 76.6 Å². The lowest BCUT2D eigenvalue weighted by molar-refractivity contribution is -0.142. The number of nitrogens with zero attached hydrogens (tertiary/aromatic N) is 4. The molecule has 11 atom stereocenters. The summed E-state index contributed by atoms with van der Waals surface area (Å²) in [6.45, 7) is 7.33. The SMILES string of the molecule is CC[C@H](C)[C@H](NC(=O)[C@H](CCCN=C(N)N)NC(=O)[C@H](CCCN=C(N)N)NC(=O)[C@H](CC(C)C)NC(=O)[C@H](Cc1ccccc1)NC(=O)[C@@H](CCCCN)NC(=O)CNC(=O)[C@@H](N)Cc1ccc(O)cc1)C(=O)N[C@@H](CCCN=C(N)N)C(=O)N1CCC[C@H]1C(=O)N[C@@H](CCCCN)C(N)=O. The van der Waals surface area contributed by atoms with Gasteiger partial charge in [0.2, 0.25) is 65.0 Å². The number of likely N-dealkylation sites (tertiary alicyclic amines) is 1. The van der Waals surface area contributed by atoms with Crippen molar-refractivity contribution < 1.29 is 57.8 Å². The Hall–Kier alpha value is -9.90. The average molecular weight is 1430 g/mol. The normalized spacial score (nSPS) is 15.5. The highest BCUT2D eigenvalue weighted by Gasteiger charge is 2.41. The summed E-state index contributed by atoms with van der Waals surface area (Å²) in [5.41, 5.74) is 58.2. The Labute approximate surface area is 596 Å². The van der Waals surface area contributed by atoms with E-state index in [9.17, 15) is 57.8 Å². The van der Waals surface area contributed by atoms with Crippen molar-refractivity contribution in [1.82, 2.24) is 52.8 Å². The maximum Gasteiger partial charge on any atom is 0.245 e. The van der Waals surface area contributed by atoms with Crippen LogP contribution in [0.15, 0.2) is 69.6 Å². The minimum absolute atomic E-state index is 0.00172. The molecule has 1 heterocycles. The lowest BCUT2D eigenvalue weighted by Crippen LogP contribution is -2.61. The second-order valence-electron chi connectivity index (χ2n) is 25.9. The fourth-order valence-corrected chi connectivity index (χ4v) is 11.2. The van der Waals surface area contributed by atoms with Crippen LogP contribution in [-0.2, 0) is 65.6 Å². The molecule has 11 amide bonds. The number of guanidine groups is 3. The molecule has 0 bridgehead atoms. The Morgan fingerprint density at radius 2 is 0.961 bits per heavy atom. The predicted molar refractivity (Wildman–Crippen MR) is 387 cm³/mol. The zero-order chi connectivity index (χ0) is 75.8. The van der Waals surface area contributed by atoms with E-state index in [0.29, 0.717) is 56.2 Å². The standard InChI is InChI=1S/C67H113N23O12/c1-5-40(4)54(63(101)86-49(23-15-33-80-67(76)77)64(102)90-34-16-24-52(90)62(100)83-45(55(71)93)19-9-11-29-68)89-59(97)48(22-14-32-79-66(74)75)84-58(96)47(21-13-31-78-65(72)73)85-60(98)50(35-39(2)3)87-61(99)51(37-41-17-7-6-8-18-41)88-57(95)46(20-10-12-30-69)82-53(92)38-81-56(94)44(70)36-42-25-27-43(91)28-26-42/h6-8,17-18,25-28,39-40,44-52,54,91H,5,9-16,19-24,29-38,68-70H2,1-4H3,(H2,71,93)(H,81,94)(H,82,92)(H,83,100)(H,84,96)(H,85,98)(H,86,101)(H,87,99)(H,88,95)(H,89,97)(H4,72,73,78)(H4,74,75,79)(H4,76,77,80)/t40-,44-,45-,46+,47-,48-,49-,50-,51-,52-,54-/m0/s1. The Bertz CT molecular complexity index is 3110. The molecule has 0 radical (unpaired) electrons. The Morgan fingerprint density at radius 3 is 1.47 bits per heavy atom. The summed E-state index contributed by atoms with van der Waals surface area (Å²) in [5.74, 6) is -9.86. The number of phenols is 1. The van der Waals surface area contributed by atoms with E-state index in [1.54, 1.807) is 70.2 Å². The van der Waals surface area contributed by atoms with Crippen molar-refractivity contribution in [2.45, 2.75) is 204 Å². The van der Waals surface area contributed by atoms with Gasteiger partial charge in [-0.2, -0.15) is 0 Å². The number of carbonyl (C=O) groups is 11. The van der Waals surface area contributed by atoms with Gasteiger partial charge in [0.05, 0.1) is 12.6 Å². The molecule has 102 heavy (non-hydrogen) atoms. The molecular weight excluding hydrogens is 1320 g/mol. The summed E-state index contributed by atoms with van der Waals surface area (Å²) in [6, 6.07) is 2.18. The van der Waals surface area contributed by atoms with Crippen molar-refractivity contribution in [2.75, 3.05) is 45.8 Å². The number of hydrogen-bond donors (Lipinski definition) is 20. The van der Waals surface area contributed by atoms with Gasteiger partial charge in [0.25, 0.3) is 0 Å². The maximum absolute atomic E-state index is 14.9. The van der Waals surface area contributed by atoms with E-state index in [4.69, 9.17) is 57.3 Å². The number of phenolic OH excluding ortho intramolecular Hbond substituents is 1. The summed E-state index contributed by atoms with van der Waals surface area (Å²) >= 11 is 0. The molecule has 3 rings (SSSR count). The number of primary amides is 1. The first-order valence-electron chi connectivity index (χ1n) is 34.9. The predicted octanol–water partition coefficient (Wildman–Crippen LogP) is -4.51. The molecule has 1 fully saturated rings. The van der Waals surface area contributed by atoms with Crippen LogP contribution < -0.4 is 105 Å². The number of unbranched alkanes of at least 4 members (excludes halogenated alkanes) is 2. The van der Waals surface area contributed by atoms with Gasteiger partial charge in [0.1, 0.15) is 60.1 Å². The Morgan fingerprint density at radius 1 is 0.510 bits per heavy atom. The van der Waals surface area contributed by atoms with Crippen LogP contribution in [0.3, 0.4) is 0 Å². The smallest absolute Gasteiger partial charge is 0.245 e. The average Bonchev–Trinajstić information content (AvgIpc) is 1.55. The van der Waals surface area contributed by atoms with Crippen LogP contribution in [0.25, 0.3) is 0 Å². The first kappa shape index (κ1) is 86.3. The number of nitrogens with two attached hydrogens (primary N) is 10. The monoisotopic (exact) mass is 1430 g/mol. The van der Waals surface area contributed by atoms with Crippen LogP contribution in [0.4, 0.5) is 0 Å². The molecule has 0 unspecified atom stereocenters. The van der Waals surface area contributed by atoms with Crippen molar-refractivity contribution in [1.29, 1.82) is 0 Å². The van der Waals surface area contributed by atoms with Crippen LogP contribution in [0.2, 0.25) is 0 Å². The third-order valence-electron chi connectivity index (χ3n) is 17.0. The number of aromatic hydroxyl groups is 1. The van der Waals surface area contributed by atoms with Crippen molar-refractivity contribution >= 4 is 82.9 Å². The minimum atomic E-state index is -1.45. The van der Waals surface area contributed by atoms with E-state index < -0.39 is 138 Å². The molecule has 35 nitrogen and oxygen atoms in total. The fraction of sp³-hybridized carbons (Fsp3) is 0.612. The van der Waals surface area contributed by atoms with Crippen LogP contribution >= 0.6 is 0 Å². The molecule has 0 aromatic heterocycles. The van der Waals surface area contributed by atoms with Crippen molar-refractivity contribution in [3.05, 3.63) is 65.7 Å². The topological polar surface area (TPSA) is 617 Å². The number of hydrogen-bond acceptors (Lipinski definition) is 18. The molecule has 0 aliphatic carbocycles. The van der Waals surface area contributed by atoms with Gasteiger partial charge in [0, 0.05) is 32.6 Å². The summed E-state index contributed by atoms with van der Waals surface area (Å²) in [4.78, 5) is 169. The molecule has 1 saturated heterocycles. The van der Waals surface area contributed by atoms with E-state index >= 15 is 0 Å². The molecule has 2 aromatic carbocycles. The number of amides is 11. The molecule has 1 aliphatic heterocycles. The number of carbonyl (C=O) groups excluding carboxylic acids is 11. The van der Waals surface area contributed by atoms with Crippen molar-refractivity contribution in [3.8, 4) is 5.75 Å². The largest absolute Gasteiger partial charge is 0.508 e. The van der Waals surface area contributed by atoms with Gasteiger partial charge in [-0.3, -0.25) is 67.7 Å². The Balaban J connectivity index is 1.99. The van der Waals surface area contributed by atoms with Gasteiger partial charge in [-0.25, -0.2) is 0 Å². The first-order valence-corrected chi connectivity index (χ1v) is 34.9. The molecule has 30 N–H and O–H groups in total. The second kappa shape index (κ2) is 46.5. The van der Waals surface area contributed by atoms with E-state index in [2.05, 4.69) is 62.8 Å². The van der Waals surface area contributed by atoms with Gasteiger partial charge in [-0.15, -0.1) is 0 Å². The van der Waals surface area contributed by atoms with Gasteiger partial charge < -0.3 is 115 Å². The van der Waals surface area contributed by atoms with Crippen LogP contribution in [0.1, 0.15) is 142 Å². The van der Waals surface area contributed by atoms with Crippen molar-refractivity contribution in [3.63, 3.8) is 0 Å². The summed E-state index contributed by atoms with van der Waals surface area (Å²) in [5, 5.41) is 34.1. The third-order valence-corrected chi connectivity index (χ3v) is 17.0. The van der Waals surface area contributed by atoms with Gasteiger partial charge in [0.15, 0.2) is 17.9 Å². The minimum Gasteiger partial charge on any atom is -0.508 e. The number of benzene rings is 2. The molecule has 1 aliphatic rings. The number of rotatable bonds is 48. The third kappa shape index (κ3) is 32.6. The van der Waals surface area contributed by atoms with E-state index in [1.807, 2.05) is 0 Å². The summed E-state index contributed by atoms with van der Waals surface area (Å²) in [7, 11) is 0. The maximum atomic E-state index is 14.9. The lowest BCUT2D eigenvalue weighted by Gasteiger charge is -2.32. The first-order chi connectivity index (χ1) is 48.5. The molecule has 0 saturated carbocycles. The van der Waals surface area contributed by atoms with Crippen molar-refractivity contribution in [2.24, 2.45) is 84.1 Å². The Kier molecular flexibility index (Phi) is 39.4. The van der Waals surface area contributed by atoms with Crippen LogP contribution in [0, 0.1) is 11.8 Å². The quantitative estimate of drug-likeness (QED) is 0.0169.